The second-order valence-corrected chi connectivity index (χ2v) is 8.96. The van der Waals surface area contributed by atoms with Crippen molar-refractivity contribution in [3.05, 3.63) is 77.9 Å². The Hall–Kier alpha value is -3.69. The minimum atomic E-state index is -1.26. The minimum absolute atomic E-state index is 0.0790. The van der Waals surface area contributed by atoms with Gasteiger partial charge in [-0.1, -0.05) is 48.9 Å². The van der Waals surface area contributed by atoms with Gasteiger partial charge in [0.05, 0.1) is 13.2 Å². The number of nitrogens with zero attached hydrogens (tertiary/aromatic N) is 1. The Labute approximate surface area is 223 Å². The summed E-state index contributed by atoms with van der Waals surface area (Å²) >= 11 is 0. The van der Waals surface area contributed by atoms with Crippen molar-refractivity contribution in [3.63, 3.8) is 0 Å². The first-order valence-electron chi connectivity index (χ1n) is 12.7. The van der Waals surface area contributed by atoms with Gasteiger partial charge in [0.25, 0.3) is 0 Å². The topological polar surface area (TPSA) is 134 Å². The lowest BCUT2D eigenvalue weighted by molar-refractivity contribution is -0.137. The monoisotopic (exact) mass is 527 g/mol. The minimum Gasteiger partial charge on any atom is -0.497 e. The summed E-state index contributed by atoms with van der Waals surface area (Å²) in [4.78, 5) is 32.2. The number of carboxylic acid groups (broad SMARTS) is 3. The zero-order chi connectivity index (χ0) is 27.8. The van der Waals surface area contributed by atoms with Gasteiger partial charge in [0.15, 0.2) is 0 Å². The summed E-state index contributed by atoms with van der Waals surface area (Å²) in [6.45, 7) is 3.12. The van der Waals surface area contributed by atoms with Crippen LogP contribution in [0.5, 0.6) is 5.75 Å². The summed E-state index contributed by atoms with van der Waals surface area (Å²) in [6.07, 6.45) is 6.42. The largest absolute Gasteiger partial charge is 0.497 e. The standard InChI is InChI=1S/C25H33NO4.C4H4O4/c1-29-22-13-11-21(12-14-22)25(20-8-4-2-5-9-20)30-23-15-18-26(19-16-23)17-7-3-6-10-24(27)28;5-3(6)1-2-4(7)8/h2,4-5,8-9,11-14,23,25H,3,6-7,10,15-19H2,1H3,(H,27,28);1-2H,(H,5,6)(H,7,8)/b;2-1+. The smallest absolute Gasteiger partial charge is 0.328 e. The number of rotatable bonds is 13. The van der Waals surface area contributed by atoms with Crippen LogP contribution >= 0.6 is 0 Å². The Kier molecular flexibility index (Phi) is 13.6. The lowest BCUT2D eigenvalue weighted by atomic mass is 10.00. The van der Waals surface area contributed by atoms with Crippen LogP contribution in [0.1, 0.15) is 55.8 Å². The van der Waals surface area contributed by atoms with Gasteiger partial charge in [-0.3, -0.25) is 4.79 Å². The van der Waals surface area contributed by atoms with E-state index < -0.39 is 17.9 Å². The molecule has 0 saturated carbocycles. The van der Waals surface area contributed by atoms with Gasteiger partial charge >= 0.3 is 17.9 Å². The highest BCUT2D eigenvalue weighted by molar-refractivity contribution is 5.89. The van der Waals surface area contributed by atoms with Crippen LogP contribution in [0.4, 0.5) is 0 Å². The van der Waals surface area contributed by atoms with Gasteiger partial charge in [-0.05, 0) is 55.5 Å². The summed E-state index contributed by atoms with van der Waals surface area (Å²) in [6, 6.07) is 18.5. The maximum atomic E-state index is 10.6. The van der Waals surface area contributed by atoms with Crippen molar-refractivity contribution in [2.75, 3.05) is 26.7 Å². The molecule has 38 heavy (non-hydrogen) atoms. The number of ether oxygens (including phenoxy) is 2. The fourth-order valence-electron chi connectivity index (χ4n) is 4.15. The van der Waals surface area contributed by atoms with E-state index >= 15 is 0 Å². The van der Waals surface area contributed by atoms with Gasteiger partial charge in [0.2, 0.25) is 0 Å². The highest BCUT2D eigenvalue weighted by atomic mass is 16.5. The van der Waals surface area contributed by atoms with Crippen molar-refractivity contribution >= 4 is 17.9 Å². The number of piperidine rings is 1. The van der Waals surface area contributed by atoms with Gasteiger partial charge in [0, 0.05) is 31.7 Å². The van der Waals surface area contributed by atoms with Crippen LogP contribution in [0.25, 0.3) is 0 Å². The highest BCUT2D eigenvalue weighted by Gasteiger charge is 2.24. The molecule has 3 rings (SSSR count). The van der Waals surface area contributed by atoms with Gasteiger partial charge in [-0.25, -0.2) is 9.59 Å². The first kappa shape index (κ1) is 30.5. The molecular formula is C29H37NO8. The Bertz CT molecular complexity index is 999. The second-order valence-electron chi connectivity index (χ2n) is 8.96. The molecule has 0 bridgehead atoms. The molecule has 2 aromatic carbocycles. The predicted octanol–water partition coefficient (Wildman–Crippen LogP) is 4.62. The van der Waals surface area contributed by atoms with E-state index in [1.807, 2.05) is 18.2 Å². The number of hydrogen-bond acceptors (Lipinski definition) is 6. The molecule has 1 fully saturated rings. The quantitative estimate of drug-likeness (QED) is 0.252. The van der Waals surface area contributed by atoms with E-state index in [2.05, 4.69) is 41.3 Å². The Morgan fingerprint density at radius 2 is 1.45 bits per heavy atom. The molecule has 2 aromatic rings. The molecular weight excluding hydrogens is 490 g/mol. The van der Waals surface area contributed by atoms with Crippen LogP contribution in [0.3, 0.4) is 0 Å². The average Bonchev–Trinajstić information content (AvgIpc) is 2.92. The molecule has 0 aromatic heterocycles. The molecule has 206 valence electrons. The van der Waals surface area contributed by atoms with Crippen LogP contribution in [-0.4, -0.2) is 71.0 Å². The van der Waals surface area contributed by atoms with Crippen molar-refractivity contribution in [2.45, 2.75) is 50.7 Å². The Morgan fingerprint density at radius 1 is 0.868 bits per heavy atom. The van der Waals surface area contributed by atoms with E-state index in [-0.39, 0.29) is 18.6 Å². The molecule has 1 aliphatic heterocycles. The van der Waals surface area contributed by atoms with Crippen molar-refractivity contribution < 1.29 is 39.2 Å². The second kappa shape index (κ2) is 16.9. The summed E-state index contributed by atoms with van der Waals surface area (Å²) in [5, 5.41) is 24.3. The third-order valence-corrected chi connectivity index (χ3v) is 6.12. The van der Waals surface area contributed by atoms with Crippen LogP contribution < -0.4 is 4.74 Å². The first-order chi connectivity index (χ1) is 18.3. The van der Waals surface area contributed by atoms with Gasteiger partial charge in [0.1, 0.15) is 11.9 Å². The fourth-order valence-corrected chi connectivity index (χ4v) is 4.15. The molecule has 9 heteroatoms. The summed E-state index contributed by atoms with van der Waals surface area (Å²) in [5.74, 6) is -2.36. The van der Waals surface area contributed by atoms with E-state index in [4.69, 9.17) is 24.8 Å². The molecule has 0 aliphatic carbocycles. The molecule has 1 saturated heterocycles. The van der Waals surface area contributed by atoms with Gasteiger partial charge in [-0.15, -0.1) is 0 Å². The average molecular weight is 528 g/mol. The van der Waals surface area contributed by atoms with Crippen LogP contribution in [-0.2, 0) is 19.1 Å². The molecule has 1 unspecified atom stereocenters. The van der Waals surface area contributed by atoms with E-state index in [1.54, 1.807) is 7.11 Å². The van der Waals surface area contributed by atoms with Crippen LogP contribution in [0.15, 0.2) is 66.7 Å². The maximum absolute atomic E-state index is 10.6. The number of carboxylic acids is 3. The predicted molar refractivity (Wildman–Crippen MR) is 142 cm³/mol. The SMILES string of the molecule is COc1ccc(C(OC2CCN(CCCCCC(=O)O)CC2)c2ccccc2)cc1.O=C(O)/C=C/C(=O)O. The van der Waals surface area contributed by atoms with Crippen molar-refractivity contribution in [1.82, 2.24) is 4.90 Å². The zero-order valence-electron chi connectivity index (χ0n) is 21.7. The number of aliphatic carboxylic acids is 3. The number of benzene rings is 2. The lowest BCUT2D eigenvalue weighted by Crippen LogP contribution is -2.38. The van der Waals surface area contributed by atoms with E-state index in [9.17, 15) is 14.4 Å². The van der Waals surface area contributed by atoms with Crippen molar-refractivity contribution in [3.8, 4) is 5.75 Å². The molecule has 1 atom stereocenters. The summed E-state index contributed by atoms with van der Waals surface area (Å²) in [7, 11) is 1.68. The summed E-state index contributed by atoms with van der Waals surface area (Å²) < 4.78 is 11.9. The van der Waals surface area contributed by atoms with Crippen molar-refractivity contribution in [2.24, 2.45) is 0 Å². The molecule has 9 nitrogen and oxygen atoms in total. The lowest BCUT2D eigenvalue weighted by Gasteiger charge is -2.34. The molecule has 0 amide bonds. The van der Waals surface area contributed by atoms with Gasteiger partial charge in [-0.2, -0.15) is 0 Å². The molecule has 1 aliphatic rings. The normalized spacial score (nSPS) is 14.9. The summed E-state index contributed by atoms with van der Waals surface area (Å²) in [5.41, 5.74) is 2.31. The number of methoxy groups -OCH3 is 1. The number of likely N-dealkylation sites (tertiary alicyclic amines) is 1. The molecule has 3 N–H and O–H groups in total. The van der Waals surface area contributed by atoms with E-state index in [1.165, 1.54) is 5.56 Å². The number of carbonyl (C=O) groups is 3. The number of hydrogen-bond donors (Lipinski definition) is 3. The van der Waals surface area contributed by atoms with E-state index in [0.29, 0.717) is 12.2 Å². The van der Waals surface area contributed by atoms with Crippen LogP contribution in [0.2, 0.25) is 0 Å². The highest BCUT2D eigenvalue weighted by Crippen LogP contribution is 2.31. The first-order valence-corrected chi connectivity index (χ1v) is 12.7. The fraction of sp³-hybridized carbons (Fsp3) is 0.414. The molecule has 0 spiro atoms. The molecule has 0 radical (unpaired) electrons. The van der Waals surface area contributed by atoms with Crippen LogP contribution in [0, 0.1) is 0 Å². The van der Waals surface area contributed by atoms with Crippen molar-refractivity contribution in [1.29, 1.82) is 0 Å². The number of unbranched alkanes of at least 4 members (excludes halogenated alkanes) is 2. The van der Waals surface area contributed by atoms with E-state index in [0.717, 1.165) is 63.1 Å². The Morgan fingerprint density at radius 3 is 1.97 bits per heavy atom. The third-order valence-electron chi connectivity index (χ3n) is 6.12. The maximum Gasteiger partial charge on any atom is 0.328 e. The third kappa shape index (κ3) is 12.0. The zero-order valence-corrected chi connectivity index (χ0v) is 21.7. The van der Waals surface area contributed by atoms with Gasteiger partial charge < -0.3 is 29.7 Å². The molecule has 1 heterocycles. The Balaban J connectivity index is 0.000000550.